The van der Waals surface area contributed by atoms with E-state index in [4.69, 9.17) is 14.2 Å². The normalized spacial score (nSPS) is 10.1. The van der Waals surface area contributed by atoms with Crippen molar-refractivity contribution in [2.45, 2.75) is 13.3 Å². The molecule has 1 rings (SSSR count). The van der Waals surface area contributed by atoms with E-state index in [1.165, 1.54) is 14.2 Å². The van der Waals surface area contributed by atoms with Gasteiger partial charge in [-0.3, -0.25) is 4.79 Å². The van der Waals surface area contributed by atoms with E-state index in [2.05, 4.69) is 0 Å². The molecule has 0 saturated heterocycles. The number of ketones is 1. The van der Waals surface area contributed by atoms with Crippen LogP contribution < -0.4 is 9.47 Å². The Morgan fingerprint density at radius 3 is 2.24 bits per heavy atom. The number of hydrogen-bond acceptors (Lipinski definition) is 4. The van der Waals surface area contributed by atoms with Crippen LogP contribution >= 0.6 is 0 Å². The zero-order chi connectivity index (χ0) is 12.7. The second kappa shape index (κ2) is 6.91. The molecule has 1 aromatic carbocycles. The summed E-state index contributed by atoms with van der Waals surface area (Å²) >= 11 is 0. The quantitative estimate of drug-likeness (QED) is 0.540. The van der Waals surface area contributed by atoms with Gasteiger partial charge in [-0.1, -0.05) is 6.07 Å². The van der Waals surface area contributed by atoms with Gasteiger partial charge in [0.05, 0.1) is 20.8 Å². The van der Waals surface area contributed by atoms with Crippen LogP contribution in [0.15, 0.2) is 18.2 Å². The van der Waals surface area contributed by atoms with Gasteiger partial charge in [0.15, 0.2) is 5.78 Å². The number of benzene rings is 1. The second-order valence-corrected chi connectivity index (χ2v) is 3.41. The third-order valence-electron chi connectivity index (χ3n) is 2.38. The third kappa shape index (κ3) is 3.46. The van der Waals surface area contributed by atoms with Crippen molar-refractivity contribution < 1.29 is 19.0 Å². The fourth-order valence-electron chi connectivity index (χ4n) is 1.56. The first kappa shape index (κ1) is 13.5. The lowest BCUT2D eigenvalue weighted by Gasteiger charge is -2.11. The highest BCUT2D eigenvalue weighted by atomic mass is 16.5. The number of ether oxygens (including phenoxy) is 3. The first-order chi connectivity index (χ1) is 8.24. The van der Waals surface area contributed by atoms with Crippen molar-refractivity contribution in [3.63, 3.8) is 0 Å². The van der Waals surface area contributed by atoms with Crippen molar-refractivity contribution in [1.29, 1.82) is 0 Å². The van der Waals surface area contributed by atoms with Crippen molar-refractivity contribution in [2.75, 3.05) is 27.4 Å². The van der Waals surface area contributed by atoms with Gasteiger partial charge in [-0.2, -0.15) is 0 Å². The Labute approximate surface area is 101 Å². The van der Waals surface area contributed by atoms with Gasteiger partial charge in [-0.05, 0) is 19.1 Å². The van der Waals surface area contributed by atoms with Crippen molar-refractivity contribution in [3.05, 3.63) is 23.8 Å². The molecular formula is C13H18O4. The lowest BCUT2D eigenvalue weighted by atomic mass is 10.1. The summed E-state index contributed by atoms with van der Waals surface area (Å²) < 4.78 is 15.5. The molecule has 0 aliphatic carbocycles. The summed E-state index contributed by atoms with van der Waals surface area (Å²) in [6, 6.07) is 5.28. The summed E-state index contributed by atoms with van der Waals surface area (Å²) in [5.41, 5.74) is 0.484. The molecule has 0 bridgehead atoms. The SMILES string of the molecule is CCOCCC(=O)c1c(OC)cccc1OC. The zero-order valence-electron chi connectivity index (χ0n) is 10.5. The Kier molecular flexibility index (Phi) is 5.49. The molecule has 0 aliphatic heterocycles. The minimum absolute atomic E-state index is 0.0345. The van der Waals surface area contributed by atoms with Gasteiger partial charge in [0.25, 0.3) is 0 Å². The van der Waals surface area contributed by atoms with E-state index in [1.807, 2.05) is 6.92 Å². The predicted molar refractivity (Wildman–Crippen MR) is 65.0 cm³/mol. The maximum atomic E-state index is 12.0. The molecule has 0 radical (unpaired) electrons. The third-order valence-corrected chi connectivity index (χ3v) is 2.38. The molecule has 4 heteroatoms. The van der Waals surface area contributed by atoms with E-state index in [0.717, 1.165) is 0 Å². The van der Waals surface area contributed by atoms with Crippen LogP contribution in [0.5, 0.6) is 11.5 Å². The molecule has 17 heavy (non-hydrogen) atoms. The van der Waals surface area contributed by atoms with E-state index in [9.17, 15) is 4.79 Å². The fraction of sp³-hybridized carbons (Fsp3) is 0.462. The average Bonchev–Trinajstić information content (AvgIpc) is 2.37. The van der Waals surface area contributed by atoms with E-state index in [1.54, 1.807) is 18.2 Å². The van der Waals surface area contributed by atoms with Crippen LogP contribution in [0.1, 0.15) is 23.7 Å². The molecule has 0 saturated carbocycles. The zero-order valence-corrected chi connectivity index (χ0v) is 10.5. The largest absolute Gasteiger partial charge is 0.496 e. The number of methoxy groups -OCH3 is 2. The van der Waals surface area contributed by atoms with Crippen molar-refractivity contribution in [3.8, 4) is 11.5 Å². The second-order valence-electron chi connectivity index (χ2n) is 3.41. The molecule has 0 unspecified atom stereocenters. The highest BCUT2D eigenvalue weighted by molar-refractivity contribution is 6.01. The Morgan fingerprint density at radius 1 is 1.18 bits per heavy atom. The smallest absolute Gasteiger partial charge is 0.172 e. The molecule has 1 aromatic rings. The van der Waals surface area contributed by atoms with E-state index in [0.29, 0.717) is 36.7 Å². The van der Waals surface area contributed by atoms with E-state index >= 15 is 0 Å². The molecule has 0 N–H and O–H groups in total. The lowest BCUT2D eigenvalue weighted by Crippen LogP contribution is -2.08. The van der Waals surface area contributed by atoms with Gasteiger partial charge in [0.2, 0.25) is 0 Å². The molecule has 0 fully saturated rings. The minimum atomic E-state index is -0.0345. The Hall–Kier alpha value is -1.55. The van der Waals surface area contributed by atoms with Crippen LogP contribution in [0, 0.1) is 0 Å². The monoisotopic (exact) mass is 238 g/mol. The Bertz CT molecular complexity index is 351. The summed E-state index contributed by atoms with van der Waals surface area (Å²) in [5.74, 6) is 1.03. The maximum Gasteiger partial charge on any atom is 0.172 e. The topological polar surface area (TPSA) is 44.8 Å². The highest BCUT2D eigenvalue weighted by Crippen LogP contribution is 2.29. The number of carbonyl (C=O) groups is 1. The average molecular weight is 238 g/mol. The van der Waals surface area contributed by atoms with Crippen LogP contribution in [0.3, 0.4) is 0 Å². The number of Topliss-reactive ketones (excluding diaryl/α,β-unsaturated/α-hetero) is 1. The fourth-order valence-corrected chi connectivity index (χ4v) is 1.56. The molecule has 4 nitrogen and oxygen atoms in total. The molecule has 0 aromatic heterocycles. The van der Waals surface area contributed by atoms with E-state index in [-0.39, 0.29) is 5.78 Å². The number of carbonyl (C=O) groups excluding carboxylic acids is 1. The van der Waals surface area contributed by atoms with Gasteiger partial charge >= 0.3 is 0 Å². The van der Waals surface area contributed by atoms with Crippen molar-refractivity contribution >= 4 is 5.78 Å². The van der Waals surface area contributed by atoms with E-state index < -0.39 is 0 Å². The van der Waals surface area contributed by atoms with Crippen molar-refractivity contribution in [1.82, 2.24) is 0 Å². The molecule has 94 valence electrons. The molecular weight excluding hydrogens is 220 g/mol. The van der Waals surface area contributed by atoms with Gasteiger partial charge < -0.3 is 14.2 Å². The summed E-state index contributed by atoms with van der Waals surface area (Å²) in [6.07, 6.45) is 0.324. The van der Waals surface area contributed by atoms with Crippen LogP contribution in [0.25, 0.3) is 0 Å². The van der Waals surface area contributed by atoms with Crippen LogP contribution in [0.4, 0.5) is 0 Å². The van der Waals surface area contributed by atoms with Gasteiger partial charge in [-0.15, -0.1) is 0 Å². The molecule has 0 atom stereocenters. The predicted octanol–water partition coefficient (Wildman–Crippen LogP) is 2.31. The van der Waals surface area contributed by atoms with Gasteiger partial charge in [0, 0.05) is 13.0 Å². The lowest BCUT2D eigenvalue weighted by molar-refractivity contribution is 0.0890. The Balaban J connectivity index is 2.89. The standard InChI is InChI=1S/C13H18O4/c1-4-17-9-8-10(14)13-11(15-2)6-5-7-12(13)16-3/h5-7H,4,8-9H2,1-3H3. The number of hydrogen-bond donors (Lipinski definition) is 0. The minimum Gasteiger partial charge on any atom is -0.496 e. The van der Waals surface area contributed by atoms with Gasteiger partial charge in [0.1, 0.15) is 17.1 Å². The maximum absolute atomic E-state index is 12.0. The van der Waals surface area contributed by atoms with Crippen LogP contribution in [0.2, 0.25) is 0 Å². The molecule has 0 aliphatic rings. The summed E-state index contributed by atoms with van der Waals surface area (Å²) in [5, 5.41) is 0. The summed E-state index contributed by atoms with van der Waals surface area (Å²) in [7, 11) is 3.07. The van der Waals surface area contributed by atoms with Crippen LogP contribution in [-0.2, 0) is 4.74 Å². The first-order valence-electron chi connectivity index (χ1n) is 5.56. The summed E-state index contributed by atoms with van der Waals surface area (Å²) in [4.78, 5) is 12.0. The first-order valence-corrected chi connectivity index (χ1v) is 5.56. The summed E-state index contributed by atoms with van der Waals surface area (Å²) in [6.45, 7) is 2.92. The Morgan fingerprint density at radius 2 is 1.76 bits per heavy atom. The highest BCUT2D eigenvalue weighted by Gasteiger charge is 2.17. The number of rotatable bonds is 7. The van der Waals surface area contributed by atoms with Gasteiger partial charge in [-0.25, -0.2) is 0 Å². The molecule has 0 heterocycles. The van der Waals surface area contributed by atoms with Crippen molar-refractivity contribution in [2.24, 2.45) is 0 Å². The molecule has 0 spiro atoms. The van der Waals surface area contributed by atoms with Crippen LogP contribution in [-0.4, -0.2) is 33.2 Å². The molecule has 0 amide bonds.